The second-order valence-electron chi connectivity index (χ2n) is 5.88. The van der Waals surface area contributed by atoms with E-state index in [1.54, 1.807) is 4.90 Å². The molecular weight excluding hydrogens is 228 g/mol. The zero-order valence-corrected chi connectivity index (χ0v) is 11.4. The highest BCUT2D eigenvalue weighted by molar-refractivity contribution is 5.74. The van der Waals surface area contributed by atoms with E-state index in [9.17, 15) is 9.90 Å². The van der Waals surface area contributed by atoms with Gasteiger partial charge < -0.3 is 15.3 Å². The maximum Gasteiger partial charge on any atom is 0.317 e. The highest BCUT2D eigenvalue weighted by Gasteiger charge is 2.26. The minimum absolute atomic E-state index is 0.00632. The molecule has 1 saturated heterocycles. The van der Waals surface area contributed by atoms with Crippen LogP contribution in [-0.4, -0.2) is 41.3 Å². The zero-order valence-electron chi connectivity index (χ0n) is 11.4. The number of hydrogen-bond donors (Lipinski definition) is 2. The maximum atomic E-state index is 12.1. The van der Waals surface area contributed by atoms with Crippen molar-refractivity contribution in [1.82, 2.24) is 10.2 Å². The molecule has 0 bridgehead atoms. The number of aliphatic hydroxyl groups excluding tert-OH is 1. The van der Waals surface area contributed by atoms with Gasteiger partial charge in [-0.05, 0) is 38.5 Å². The zero-order chi connectivity index (χ0) is 13.0. The van der Waals surface area contributed by atoms with Crippen molar-refractivity contribution in [2.45, 2.75) is 64.0 Å². The molecule has 2 atom stereocenters. The third-order valence-corrected chi connectivity index (χ3v) is 4.39. The van der Waals surface area contributed by atoms with Crippen LogP contribution < -0.4 is 5.32 Å². The van der Waals surface area contributed by atoms with Gasteiger partial charge in [-0.2, -0.15) is 0 Å². The summed E-state index contributed by atoms with van der Waals surface area (Å²) < 4.78 is 0. The molecule has 2 N–H and O–H groups in total. The standard InChI is InChI=1S/C14H26N2O2/c1-11(12-6-3-2-4-7-12)15-14(18)16-9-5-8-13(17)10-16/h11-13,17H,2-10H2,1H3,(H,15,18). The average molecular weight is 254 g/mol. The summed E-state index contributed by atoms with van der Waals surface area (Å²) >= 11 is 0. The molecule has 2 amide bonds. The van der Waals surface area contributed by atoms with E-state index in [1.807, 2.05) is 0 Å². The van der Waals surface area contributed by atoms with Gasteiger partial charge in [-0.3, -0.25) is 0 Å². The van der Waals surface area contributed by atoms with E-state index in [-0.39, 0.29) is 18.2 Å². The van der Waals surface area contributed by atoms with Crippen LogP contribution in [0.2, 0.25) is 0 Å². The smallest absolute Gasteiger partial charge is 0.317 e. The number of nitrogens with one attached hydrogen (secondary N) is 1. The Morgan fingerprint density at radius 1 is 1.22 bits per heavy atom. The first-order valence-electron chi connectivity index (χ1n) is 7.40. The summed E-state index contributed by atoms with van der Waals surface area (Å²) in [5.74, 6) is 0.636. The Labute approximate surface area is 110 Å². The summed E-state index contributed by atoms with van der Waals surface area (Å²) in [5.41, 5.74) is 0. The Bertz CT molecular complexity index is 277. The third kappa shape index (κ3) is 3.61. The largest absolute Gasteiger partial charge is 0.391 e. The number of rotatable bonds is 2. The number of β-amino-alcohol motifs (C(OH)–C–C–N with tert-alkyl or cyclic N) is 1. The summed E-state index contributed by atoms with van der Waals surface area (Å²) in [6, 6.07) is 0.267. The maximum absolute atomic E-state index is 12.1. The predicted molar refractivity (Wildman–Crippen MR) is 71.4 cm³/mol. The first-order chi connectivity index (χ1) is 8.66. The molecule has 18 heavy (non-hydrogen) atoms. The van der Waals surface area contributed by atoms with Gasteiger partial charge in [-0.25, -0.2) is 4.79 Å². The van der Waals surface area contributed by atoms with Crippen LogP contribution in [0.4, 0.5) is 4.79 Å². The van der Waals surface area contributed by atoms with Crippen molar-refractivity contribution in [3.63, 3.8) is 0 Å². The van der Waals surface area contributed by atoms with Crippen LogP contribution in [0.15, 0.2) is 0 Å². The Morgan fingerprint density at radius 2 is 1.94 bits per heavy atom. The van der Waals surface area contributed by atoms with Gasteiger partial charge in [0.2, 0.25) is 0 Å². The van der Waals surface area contributed by atoms with Gasteiger partial charge in [-0.15, -0.1) is 0 Å². The van der Waals surface area contributed by atoms with Gasteiger partial charge in [0.15, 0.2) is 0 Å². The van der Waals surface area contributed by atoms with E-state index < -0.39 is 0 Å². The van der Waals surface area contributed by atoms with Gasteiger partial charge in [0.25, 0.3) is 0 Å². The van der Waals surface area contributed by atoms with Crippen LogP contribution in [0.1, 0.15) is 51.9 Å². The van der Waals surface area contributed by atoms with Gasteiger partial charge in [0.1, 0.15) is 0 Å². The summed E-state index contributed by atoms with van der Waals surface area (Å²) in [5, 5.41) is 12.7. The van der Waals surface area contributed by atoms with Crippen molar-refractivity contribution >= 4 is 6.03 Å². The number of piperidine rings is 1. The van der Waals surface area contributed by atoms with Crippen LogP contribution in [0.3, 0.4) is 0 Å². The highest BCUT2D eigenvalue weighted by Crippen LogP contribution is 2.26. The molecule has 0 spiro atoms. The lowest BCUT2D eigenvalue weighted by Crippen LogP contribution is -2.50. The Hall–Kier alpha value is -0.770. The van der Waals surface area contributed by atoms with Gasteiger partial charge >= 0.3 is 6.03 Å². The fraction of sp³-hybridized carbons (Fsp3) is 0.929. The highest BCUT2D eigenvalue weighted by atomic mass is 16.3. The van der Waals surface area contributed by atoms with E-state index in [4.69, 9.17) is 0 Å². The van der Waals surface area contributed by atoms with Crippen molar-refractivity contribution in [2.75, 3.05) is 13.1 Å². The number of amides is 2. The number of aliphatic hydroxyl groups is 1. The van der Waals surface area contributed by atoms with Crippen LogP contribution in [0.5, 0.6) is 0 Å². The molecule has 0 aromatic carbocycles. The fourth-order valence-corrected chi connectivity index (χ4v) is 3.18. The minimum Gasteiger partial charge on any atom is -0.391 e. The number of likely N-dealkylation sites (tertiary alicyclic amines) is 1. The summed E-state index contributed by atoms with van der Waals surface area (Å²) in [4.78, 5) is 13.9. The predicted octanol–water partition coefficient (Wildman–Crippen LogP) is 2.12. The van der Waals surface area contributed by atoms with E-state index in [1.165, 1.54) is 32.1 Å². The molecule has 0 aromatic rings. The molecule has 2 fully saturated rings. The Kier molecular flexibility index (Phi) is 4.87. The monoisotopic (exact) mass is 254 g/mol. The van der Waals surface area contributed by atoms with Crippen LogP contribution in [-0.2, 0) is 0 Å². The number of nitrogens with zero attached hydrogens (tertiary/aromatic N) is 1. The molecular formula is C14H26N2O2. The Morgan fingerprint density at radius 3 is 2.61 bits per heavy atom. The van der Waals surface area contributed by atoms with Crippen LogP contribution in [0.25, 0.3) is 0 Å². The number of carbonyl (C=O) groups is 1. The topological polar surface area (TPSA) is 52.6 Å². The average Bonchev–Trinajstić information content (AvgIpc) is 2.39. The minimum atomic E-state index is -0.338. The molecule has 2 rings (SSSR count). The van der Waals surface area contributed by atoms with Crippen molar-refractivity contribution < 1.29 is 9.90 Å². The normalized spacial score (nSPS) is 27.9. The van der Waals surface area contributed by atoms with Crippen LogP contribution in [0, 0.1) is 5.92 Å². The van der Waals surface area contributed by atoms with Crippen molar-refractivity contribution in [3.05, 3.63) is 0 Å². The number of urea groups is 1. The molecule has 2 aliphatic rings. The van der Waals surface area contributed by atoms with Gasteiger partial charge in [0, 0.05) is 19.1 Å². The van der Waals surface area contributed by atoms with Crippen molar-refractivity contribution in [2.24, 2.45) is 5.92 Å². The molecule has 104 valence electrons. The molecule has 1 heterocycles. The first kappa shape index (κ1) is 13.7. The van der Waals surface area contributed by atoms with E-state index in [0.29, 0.717) is 12.5 Å². The van der Waals surface area contributed by atoms with Gasteiger partial charge in [0.05, 0.1) is 6.10 Å². The molecule has 1 aliphatic heterocycles. The fourth-order valence-electron chi connectivity index (χ4n) is 3.18. The molecule has 0 aromatic heterocycles. The molecule has 1 aliphatic carbocycles. The van der Waals surface area contributed by atoms with Crippen molar-refractivity contribution in [3.8, 4) is 0 Å². The SMILES string of the molecule is CC(NC(=O)N1CCCC(O)C1)C1CCCCC1. The molecule has 2 unspecified atom stereocenters. The first-order valence-corrected chi connectivity index (χ1v) is 7.40. The quantitative estimate of drug-likeness (QED) is 0.793. The van der Waals surface area contributed by atoms with E-state index >= 15 is 0 Å². The second-order valence-corrected chi connectivity index (χ2v) is 5.88. The molecule has 1 saturated carbocycles. The van der Waals surface area contributed by atoms with Crippen molar-refractivity contribution in [1.29, 1.82) is 0 Å². The lowest BCUT2D eigenvalue weighted by Gasteiger charge is -2.33. The number of carbonyl (C=O) groups excluding carboxylic acids is 1. The summed E-state index contributed by atoms with van der Waals surface area (Å²) in [6.45, 7) is 3.39. The summed E-state index contributed by atoms with van der Waals surface area (Å²) in [7, 11) is 0. The third-order valence-electron chi connectivity index (χ3n) is 4.39. The lowest BCUT2D eigenvalue weighted by molar-refractivity contribution is 0.0823. The van der Waals surface area contributed by atoms with Crippen LogP contribution >= 0.6 is 0 Å². The molecule has 4 nitrogen and oxygen atoms in total. The molecule has 4 heteroatoms. The van der Waals surface area contributed by atoms with E-state index in [0.717, 1.165) is 19.4 Å². The summed E-state index contributed by atoms with van der Waals surface area (Å²) in [6.07, 6.45) is 7.81. The lowest BCUT2D eigenvalue weighted by atomic mass is 9.84. The Balaban J connectivity index is 1.78. The van der Waals surface area contributed by atoms with E-state index in [2.05, 4.69) is 12.2 Å². The molecule has 0 radical (unpaired) electrons. The second kappa shape index (κ2) is 6.41. The number of hydrogen-bond acceptors (Lipinski definition) is 2. The van der Waals surface area contributed by atoms with Gasteiger partial charge in [-0.1, -0.05) is 19.3 Å².